The van der Waals surface area contributed by atoms with Gasteiger partial charge in [0.2, 0.25) is 0 Å². The van der Waals surface area contributed by atoms with Crippen LogP contribution in [-0.2, 0) is 27.2 Å². The number of hydrogen-bond acceptors (Lipinski definition) is 8. The second kappa shape index (κ2) is 11.1. The fraction of sp³-hybridized carbons (Fsp3) is 0.226. The van der Waals surface area contributed by atoms with Gasteiger partial charge in [0.1, 0.15) is 18.2 Å². The summed E-state index contributed by atoms with van der Waals surface area (Å²) in [5.74, 6) is 1.44. The Hall–Kier alpha value is -4.54. The summed E-state index contributed by atoms with van der Waals surface area (Å²) < 4.78 is 8.56. The van der Waals surface area contributed by atoms with Crippen LogP contribution in [0.4, 0.5) is 5.82 Å². The third-order valence-corrected chi connectivity index (χ3v) is 8.22. The number of rotatable bonds is 8. The molecule has 1 aliphatic carbocycles. The maximum absolute atomic E-state index is 13.6. The van der Waals surface area contributed by atoms with Crippen molar-refractivity contribution in [2.45, 2.75) is 19.6 Å². The van der Waals surface area contributed by atoms with Crippen molar-refractivity contribution in [1.82, 2.24) is 19.1 Å². The maximum atomic E-state index is 13.6. The number of aromatic nitrogens is 4. The Morgan fingerprint density at radius 2 is 1.93 bits per heavy atom. The van der Waals surface area contributed by atoms with Gasteiger partial charge in [-0.2, -0.15) is 0 Å². The maximum Gasteiger partial charge on any atom is 0.332 e. The number of nitrogens with one attached hydrogen (secondary N) is 1. The van der Waals surface area contributed by atoms with E-state index in [1.165, 1.54) is 33.4 Å². The Kier molecular flexibility index (Phi) is 7.25. The van der Waals surface area contributed by atoms with E-state index < -0.39 is 11.2 Å². The van der Waals surface area contributed by atoms with Crippen LogP contribution in [0.3, 0.4) is 0 Å². The number of fused-ring (bicyclic) bond motifs is 2. The summed E-state index contributed by atoms with van der Waals surface area (Å²) in [7, 11) is 3.10. The smallest absolute Gasteiger partial charge is 0.332 e. The number of pyridine rings is 1. The number of hydrogen-bond donors (Lipinski definition) is 2. The molecule has 0 saturated carbocycles. The molecule has 3 heterocycles. The first-order valence-corrected chi connectivity index (χ1v) is 14.3. The van der Waals surface area contributed by atoms with Crippen LogP contribution in [0.2, 0.25) is 0 Å². The standard InChI is InChI=1S/C31H30N6O3S/c1-36-29-27(30(38)37(2)31(36)39)26(22-8-5-9-23(13-22)40-17-24-16-33-18-41-24)25(14-32)28(35-29)34-15-19-10-11-20-6-3-4-7-21(20)12-19/h3-9,11-13,16,18-19H,10,14-15,17,32H2,1-2H3,(H,34,35). The SMILES string of the molecule is Cn1c(=O)c2c(-c3cccc(OCc4cncs4)c3)c(CN)c(NCC3C=c4ccccc4=CC3)nc2n(C)c1=O. The Morgan fingerprint density at radius 3 is 2.71 bits per heavy atom. The highest BCUT2D eigenvalue weighted by molar-refractivity contribution is 7.09. The molecular weight excluding hydrogens is 536 g/mol. The second-order valence-electron chi connectivity index (χ2n) is 10.1. The van der Waals surface area contributed by atoms with Gasteiger partial charge in [-0.05, 0) is 40.5 Å². The predicted molar refractivity (Wildman–Crippen MR) is 163 cm³/mol. The topological polar surface area (TPSA) is 117 Å². The molecule has 3 aromatic heterocycles. The molecule has 6 rings (SSSR count). The van der Waals surface area contributed by atoms with Crippen molar-refractivity contribution in [3.63, 3.8) is 0 Å². The highest BCUT2D eigenvalue weighted by Crippen LogP contribution is 2.35. The molecule has 2 aromatic carbocycles. The summed E-state index contributed by atoms with van der Waals surface area (Å²) >= 11 is 1.52. The fourth-order valence-electron chi connectivity index (χ4n) is 5.32. The molecule has 0 radical (unpaired) electrons. The van der Waals surface area contributed by atoms with Gasteiger partial charge < -0.3 is 15.8 Å². The lowest BCUT2D eigenvalue weighted by Crippen LogP contribution is -2.38. The minimum absolute atomic E-state index is 0.141. The molecule has 41 heavy (non-hydrogen) atoms. The summed E-state index contributed by atoms with van der Waals surface area (Å²) in [6, 6.07) is 15.9. The predicted octanol–water partition coefficient (Wildman–Crippen LogP) is 2.49. The number of aryl methyl sites for hydroxylation is 1. The van der Waals surface area contributed by atoms with Gasteiger partial charge in [-0.25, -0.2) is 9.78 Å². The van der Waals surface area contributed by atoms with Gasteiger partial charge in [0.05, 0.1) is 15.8 Å². The van der Waals surface area contributed by atoms with Gasteiger partial charge in [-0.3, -0.25) is 18.9 Å². The average Bonchev–Trinajstić information content (AvgIpc) is 3.54. The van der Waals surface area contributed by atoms with E-state index in [9.17, 15) is 9.59 Å². The first-order chi connectivity index (χ1) is 19.9. The van der Waals surface area contributed by atoms with E-state index in [0.717, 1.165) is 21.4 Å². The van der Waals surface area contributed by atoms with Crippen molar-refractivity contribution in [1.29, 1.82) is 0 Å². The normalized spacial score (nSPS) is 14.3. The molecule has 0 saturated heterocycles. The Bertz CT molecular complexity index is 2000. The zero-order valence-electron chi connectivity index (χ0n) is 22.8. The zero-order valence-corrected chi connectivity index (χ0v) is 23.6. The number of ether oxygens (including phenoxy) is 1. The minimum atomic E-state index is -0.444. The van der Waals surface area contributed by atoms with Gasteiger partial charge in [0, 0.05) is 44.5 Å². The number of nitrogens with two attached hydrogens (primary N) is 1. The minimum Gasteiger partial charge on any atom is -0.488 e. The summed E-state index contributed by atoms with van der Waals surface area (Å²) in [4.78, 5) is 36.4. The Morgan fingerprint density at radius 1 is 1.10 bits per heavy atom. The molecule has 1 aliphatic rings. The molecule has 3 N–H and O–H groups in total. The molecule has 208 valence electrons. The Labute approximate surface area is 239 Å². The van der Waals surface area contributed by atoms with Crippen molar-refractivity contribution in [3.8, 4) is 16.9 Å². The number of thiazole rings is 1. The van der Waals surface area contributed by atoms with Crippen LogP contribution in [0.15, 0.2) is 69.8 Å². The van der Waals surface area contributed by atoms with Gasteiger partial charge in [0.25, 0.3) is 5.56 Å². The summed E-state index contributed by atoms with van der Waals surface area (Å²) in [6.07, 6.45) is 7.18. The molecule has 0 amide bonds. The summed E-state index contributed by atoms with van der Waals surface area (Å²) in [5, 5.41) is 6.29. The van der Waals surface area contributed by atoms with Gasteiger partial charge in [0.15, 0.2) is 5.65 Å². The van der Waals surface area contributed by atoms with Crippen LogP contribution in [-0.4, -0.2) is 25.6 Å². The molecule has 0 aliphatic heterocycles. The van der Waals surface area contributed by atoms with Crippen molar-refractivity contribution in [3.05, 3.63) is 102 Å². The van der Waals surface area contributed by atoms with E-state index >= 15 is 0 Å². The first kappa shape index (κ1) is 26.7. The van der Waals surface area contributed by atoms with Crippen LogP contribution < -0.4 is 37.5 Å². The molecule has 0 spiro atoms. The van der Waals surface area contributed by atoms with E-state index in [0.29, 0.717) is 46.9 Å². The van der Waals surface area contributed by atoms with Crippen LogP contribution in [0.5, 0.6) is 5.75 Å². The Balaban J connectivity index is 1.46. The second-order valence-corrected chi connectivity index (χ2v) is 11.1. The molecule has 10 heteroatoms. The van der Waals surface area contributed by atoms with Crippen molar-refractivity contribution in [2.75, 3.05) is 11.9 Å². The fourth-order valence-corrected chi connectivity index (χ4v) is 5.82. The highest BCUT2D eigenvalue weighted by Gasteiger charge is 2.22. The van der Waals surface area contributed by atoms with E-state index in [1.807, 2.05) is 36.4 Å². The van der Waals surface area contributed by atoms with Gasteiger partial charge >= 0.3 is 5.69 Å². The monoisotopic (exact) mass is 566 g/mol. The molecule has 1 unspecified atom stereocenters. The lowest BCUT2D eigenvalue weighted by molar-refractivity contribution is 0.309. The molecule has 0 bridgehead atoms. The first-order valence-electron chi connectivity index (χ1n) is 13.4. The van der Waals surface area contributed by atoms with E-state index in [4.69, 9.17) is 15.5 Å². The van der Waals surface area contributed by atoms with Crippen molar-refractivity contribution < 1.29 is 4.74 Å². The quantitative estimate of drug-likeness (QED) is 0.296. The lowest BCUT2D eigenvalue weighted by Gasteiger charge is -2.21. The summed E-state index contributed by atoms with van der Waals surface area (Å²) in [5.41, 5.74) is 9.66. The number of benzene rings is 2. The molecule has 1 atom stereocenters. The van der Waals surface area contributed by atoms with Gasteiger partial charge in [-0.15, -0.1) is 11.3 Å². The van der Waals surface area contributed by atoms with Crippen LogP contribution in [0.1, 0.15) is 16.9 Å². The zero-order chi connectivity index (χ0) is 28.5. The largest absolute Gasteiger partial charge is 0.488 e. The van der Waals surface area contributed by atoms with E-state index in [2.05, 4.69) is 34.6 Å². The summed E-state index contributed by atoms with van der Waals surface area (Å²) in [6.45, 7) is 1.14. The average molecular weight is 567 g/mol. The number of nitrogens with zero attached hydrogens (tertiary/aromatic N) is 4. The molecular formula is C31H30N6O3S. The third kappa shape index (κ3) is 5.07. The number of anilines is 1. The van der Waals surface area contributed by atoms with Crippen LogP contribution in [0, 0.1) is 5.92 Å². The van der Waals surface area contributed by atoms with Crippen molar-refractivity contribution >= 4 is 40.3 Å². The van der Waals surface area contributed by atoms with Crippen LogP contribution >= 0.6 is 11.3 Å². The third-order valence-electron chi connectivity index (χ3n) is 7.46. The highest BCUT2D eigenvalue weighted by atomic mass is 32.1. The molecule has 0 fully saturated rings. The van der Waals surface area contributed by atoms with Crippen molar-refractivity contribution in [2.24, 2.45) is 25.7 Å². The molecule has 5 aromatic rings. The van der Waals surface area contributed by atoms with Gasteiger partial charge in [-0.1, -0.05) is 48.6 Å². The lowest BCUT2D eigenvalue weighted by atomic mass is 9.95. The van der Waals surface area contributed by atoms with Crippen LogP contribution in [0.25, 0.3) is 34.3 Å². The molecule has 9 nitrogen and oxygen atoms in total. The van der Waals surface area contributed by atoms with E-state index in [-0.39, 0.29) is 12.5 Å². The van der Waals surface area contributed by atoms with E-state index in [1.54, 1.807) is 18.8 Å².